The molecular formula is C16H26N2O2. The minimum absolute atomic E-state index is 0.143. The molecule has 4 nitrogen and oxygen atoms in total. The fourth-order valence-corrected chi connectivity index (χ4v) is 3.41. The Balaban J connectivity index is 1.52. The lowest BCUT2D eigenvalue weighted by molar-refractivity contribution is -0.0460. The Kier molecular flexibility index (Phi) is 3.89. The molecule has 0 aromatic carbocycles. The highest BCUT2D eigenvalue weighted by Gasteiger charge is 2.43. The highest BCUT2D eigenvalue weighted by molar-refractivity contribution is 5.06. The van der Waals surface area contributed by atoms with Crippen LogP contribution in [0.25, 0.3) is 0 Å². The first-order valence-corrected chi connectivity index (χ1v) is 7.64. The summed E-state index contributed by atoms with van der Waals surface area (Å²) >= 11 is 0. The first-order chi connectivity index (χ1) is 9.56. The van der Waals surface area contributed by atoms with Crippen LogP contribution in [-0.2, 0) is 11.3 Å². The van der Waals surface area contributed by atoms with E-state index in [0.29, 0.717) is 6.04 Å². The molecule has 2 aliphatic heterocycles. The molecule has 3 heterocycles. The van der Waals surface area contributed by atoms with E-state index in [9.17, 15) is 0 Å². The maximum absolute atomic E-state index is 6.17. The molecule has 0 unspecified atom stereocenters. The Morgan fingerprint density at radius 2 is 2.05 bits per heavy atom. The van der Waals surface area contributed by atoms with Gasteiger partial charge in [0.05, 0.1) is 18.8 Å². The summed E-state index contributed by atoms with van der Waals surface area (Å²) in [6, 6.07) is 4.73. The lowest BCUT2D eigenvalue weighted by Gasteiger charge is -2.38. The second-order valence-electron chi connectivity index (χ2n) is 6.60. The maximum Gasteiger partial charge on any atom is 0.118 e. The number of nitrogens with zero attached hydrogens (tertiary/aromatic N) is 2. The van der Waals surface area contributed by atoms with E-state index in [1.807, 2.05) is 13.0 Å². The molecule has 0 aliphatic carbocycles. The minimum atomic E-state index is 0.143. The van der Waals surface area contributed by atoms with Gasteiger partial charge in [0.1, 0.15) is 11.5 Å². The van der Waals surface area contributed by atoms with Crippen LogP contribution < -0.4 is 0 Å². The SMILES string of the molecule is Cc1ccc(CN2CCC3(CC2)C[C@@H](N(C)C)CO3)o1. The summed E-state index contributed by atoms with van der Waals surface area (Å²) in [7, 11) is 4.31. The molecular weight excluding hydrogens is 252 g/mol. The van der Waals surface area contributed by atoms with Crippen molar-refractivity contribution >= 4 is 0 Å². The molecule has 0 amide bonds. The Bertz CT molecular complexity index is 447. The molecule has 3 rings (SSSR count). The van der Waals surface area contributed by atoms with Crippen LogP contribution in [0.15, 0.2) is 16.5 Å². The molecule has 1 atom stereocenters. The minimum Gasteiger partial charge on any atom is -0.465 e. The monoisotopic (exact) mass is 278 g/mol. The number of hydrogen-bond donors (Lipinski definition) is 0. The van der Waals surface area contributed by atoms with E-state index in [2.05, 4.69) is 30.0 Å². The van der Waals surface area contributed by atoms with Gasteiger partial charge in [0, 0.05) is 19.1 Å². The Hall–Kier alpha value is -0.840. The van der Waals surface area contributed by atoms with Crippen LogP contribution in [0, 0.1) is 6.92 Å². The third-order valence-electron chi connectivity index (χ3n) is 4.86. The van der Waals surface area contributed by atoms with Crippen molar-refractivity contribution in [3.63, 3.8) is 0 Å². The third kappa shape index (κ3) is 2.92. The summed E-state index contributed by atoms with van der Waals surface area (Å²) in [5.74, 6) is 2.08. The van der Waals surface area contributed by atoms with Crippen LogP contribution in [-0.4, -0.2) is 55.2 Å². The molecule has 1 spiro atoms. The summed E-state index contributed by atoms with van der Waals surface area (Å²) in [5.41, 5.74) is 0.143. The molecule has 20 heavy (non-hydrogen) atoms. The average molecular weight is 278 g/mol. The number of hydrogen-bond acceptors (Lipinski definition) is 4. The van der Waals surface area contributed by atoms with E-state index in [4.69, 9.17) is 9.15 Å². The predicted octanol–water partition coefficient (Wildman–Crippen LogP) is 2.27. The molecule has 112 valence electrons. The van der Waals surface area contributed by atoms with Crippen molar-refractivity contribution in [3.05, 3.63) is 23.7 Å². The molecule has 0 N–H and O–H groups in total. The van der Waals surface area contributed by atoms with Gasteiger partial charge < -0.3 is 14.1 Å². The van der Waals surface area contributed by atoms with Gasteiger partial charge in [-0.15, -0.1) is 0 Å². The molecule has 2 aliphatic rings. The standard InChI is InChI=1S/C16H26N2O2/c1-13-4-5-15(20-13)11-18-8-6-16(7-9-18)10-14(12-19-16)17(2)3/h4-5,14H,6-12H2,1-3H3/t14-/m1/s1. The van der Waals surface area contributed by atoms with Crippen LogP contribution in [0.2, 0.25) is 0 Å². The van der Waals surface area contributed by atoms with Gasteiger partial charge in [0.15, 0.2) is 0 Å². The number of ether oxygens (including phenoxy) is 1. The normalized spacial score (nSPS) is 26.7. The van der Waals surface area contributed by atoms with Crippen molar-refractivity contribution in [1.29, 1.82) is 0 Å². The predicted molar refractivity (Wildman–Crippen MR) is 78.7 cm³/mol. The molecule has 2 fully saturated rings. The average Bonchev–Trinajstić information content (AvgIpc) is 3.00. The second kappa shape index (κ2) is 5.51. The summed E-state index contributed by atoms with van der Waals surface area (Å²) in [6.07, 6.45) is 3.49. The highest BCUT2D eigenvalue weighted by Crippen LogP contribution is 2.37. The zero-order valence-electron chi connectivity index (χ0n) is 12.9. The summed E-state index contributed by atoms with van der Waals surface area (Å²) in [5, 5.41) is 0. The first-order valence-electron chi connectivity index (χ1n) is 7.64. The number of likely N-dealkylation sites (tertiary alicyclic amines) is 1. The number of aryl methyl sites for hydroxylation is 1. The van der Waals surface area contributed by atoms with Gasteiger partial charge >= 0.3 is 0 Å². The number of piperidine rings is 1. The van der Waals surface area contributed by atoms with E-state index in [0.717, 1.165) is 50.6 Å². The van der Waals surface area contributed by atoms with Crippen LogP contribution in [0.5, 0.6) is 0 Å². The number of likely N-dealkylation sites (N-methyl/N-ethyl adjacent to an activating group) is 1. The van der Waals surface area contributed by atoms with E-state index in [-0.39, 0.29) is 5.60 Å². The van der Waals surface area contributed by atoms with Gasteiger partial charge in [0.25, 0.3) is 0 Å². The van der Waals surface area contributed by atoms with Gasteiger partial charge in [-0.2, -0.15) is 0 Å². The molecule has 1 aromatic heterocycles. The van der Waals surface area contributed by atoms with E-state index in [1.165, 1.54) is 6.42 Å². The van der Waals surface area contributed by atoms with Crippen molar-refractivity contribution in [1.82, 2.24) is 9.80 Å². The third-order valence-corrected chi connectivity index (χ3v) is 4.86. The smallest absolute Gasteiger partial charge is 0.118 e. The fourth-order valence-electron chi connectivity index (χ4n) is 3.41. The first kappa shape index (κ1) is 14.1. The van der Waals surface area contributed by atoms with Crippen LogP contribution >= 0.6 is 0 Å². The fraction of sp³-hybridized carbons (Fsp3) is 0.750. The molecule has 0 bridgehead atoms. The van der Waals surface area contributed by atoms with E-state index in [1.54, 1.807) is 0 Å². The van der Waals surface area contributed by atoms with Crippen LogP contribution in [0.4, 0.5) is 0 Å². The summed E-state index contributed by atoms with van der Waals surface area (Å²) < 4.78 is 11.8. The molecule has 0 saturated carbocycles. The zero-order chi connectivity index (χ0) is 14.2. The van der Waals surface area contributed by atoms with Crippen molar-refractivity contribution < 1.29 is 9.15 Å². The van der Waals surface area contributed by atoms with Crippen molar-refractivity contribution in [2.75, 3.05) is 33.8 Å². The van der Waals surface area contributed by atoms with Crippen molar-refractivity contribution in [2.45, 2.75) is 44.4 Å². The maximum atomic E-state index is 6.17. The molecule has 1 aromatic rings. The topological polar surface area (TPSA) is 28.9 Å². The van der Waals surface area contributed by atoms with Gasteiger partial charge in [0.2, 0.25) is 0 Å². The van der Waals surface area contributed by atoms with Gasteiger partial charge in [-0.3, -0.25) is 4.90 Å². The quantitative estimate of drug-likeness (QED) is 0.848. The number of rotatable bonds is 3. The highest BCUT2D eigenvalue weighted by atomic mass is 16.5. The largest absolute Gasteiger partial charge is 0.465 e. The van der Waals surface area contributed by atoms with Gasteiger partial charge in [-0.25, -0.2) is 0 Å². The zero-order valence-corrected chi connectivity index (χ0v) is 12.9. The Morgan fingerprint density at radius 3 is 2.60 bits per heavy atom. The van der Waals surface area contributed by atoms with Gasteiger partial charge in [-0.1, -0.05) is 0 Å². The Labute approximate surface area is 121 Å². The summed E-state index contributed by atoms with van der Waals surface area (Å²) in [6.45, 7) is 6.05. The van der Waals surface area contributed by atoms with Gasteiger partial charge in [-0.05, 0) is 52.4 Å². The van der Waals surface area contributed by atoms with Crippen LogP contribution in [0.1, 0.15) is 30.8 Å². The summed E-state index contributed by atoms with van der Waals surface area (Å²) in [4.78, 5) is 4.78. The Morgan fingerprint density at radius 1 is 1.30 bits per heavy atom. The van der Waals surface area contributed by atoms with E-state index >= 15 is 0 Å². The van der Waals surface area contributed by atoms with Crippen LogP contribution in [0.3, 0.4) is 0 Å². The van der Waals surface area contributed by atoms with Crippen molar-refractivity contribution in [2.24, 2.45) is 0 Å². The second-order valence-corrected chi connectivity index (χ2v) is 6.60. The molecule has 2 saturated heterocycles. The number of furan rings is 1. The lowest BCUT2D eigenvalue weighted by atomic mass is 9.87. The molecule has 0 radical (unpaired) electrons. The van der Waals surface area contributed by atoms with E-state index < -0.39 is 0 Å². The molecule has 4 heteroatoms. The van der Waals surface area contributed by atoms with Crippen molar-refractivity contribution in [3.8, 4) is 0 Å². The lowest BCUT2D eigenvalue weighted by Crippen LogP contribution is -2.44.